The first kappa shape index (κ1) is 13.7. The maximum atomic E-state index is 8.86. The number of para-hydroxylation sites is 2. The SMILES string of the molecule is N#Cc1ccc(Cn2c(CCCl)nc3ccccc32)cc1. The van der Waals surface area contributed by atoms with Gasteiger partial charge in [-0.1, -0.05) is 24.3 Å². The number of hydrogen-bond donors (Lipinski definition) is 0. The molecule has 4 heteroatoms. The first-order valence-corrected chi connectivity index (χ1v) is 7.34. The number of benzene rings is 2. The molecule has 0 N–H and O–H groups in total. The summed E-state index contributed by atoms with van der Waals surface area (Å²) in [5.74, 6) is 1.55. The summed E-state index contributed by atoms with van der Waals surface area (Å²) in [6.45, 7) is 0.735. The number of rotatable bonds is 4. The highest BCUT2D eigenvalue weighted by Gasteiger charge is 2.10. The molecule has 104 valence electrons. The van der Waals surface area contributed by atoms with Crippen molar-refractivity contribution >= 4 is 22.6 Å². The molecule has 0 spiro atoms. The van der Waals surface area contributed by atoms with Crippen molar-refractivity contribution in [1.29, 1.82) is 5.26 Å². The Labute approximate surface area is 128 Å². The highest BCUT2D eigenvalue weighted by atomic mass is 35.5. The van der Waals surface area contributed by atoms with Crippen LogP contribution in [-0.2, 0) is 13.0 Å². The summed E-state index contributed by atoms with van der Waals surface area (Å²) < 4.78 is 2.19. The van der Waals surface area contributed by atoms with Crippen LogP contribution in [0.2, 0.25) is 0 Å². The zero-order valence-electron chi connectivity index (χ0n) is 11.5. The summed E-state index contributed by atoms with van der Waals surface area (Å²) in [6, 6.07) is 17.9. The van der Waals surface area contributed by atoms with Gasteiger partial charge in [-0.25, -0.2) is 4.98 Å². The molecule has 0 fully saturated rings. The molecule has 1 aromatic heterocycles. The number of alkyl halides is 1. The number of aromatic nitrogens is 2. The highest BCUT2D eigenvalue weighted by Crippen LogP contribution is 2.19. The molecule has 3 aromatic rings. The first-order chi connectivity index (χ1) is 10.3. The van der Waals surface area contributed by atoms with Gasteiger partial charge in [0.25, 0.3) is 0 Å². The van der Waals surface area contributed by atoms with Crippen LogP contribution in [-0.4, -0.2) is 15.4 Å². The second-order valence-corrected chi connectivity index (χ2v) is 5.23. The molecule has 2 aromatic carbocycles. The third-order valence-electron chi connectivity index (χ3n) is 3.48. The minimum Gasteiger partial charge on any atom is -0.323 e. The van der Waals surface area contributed by atoms with E-state index in [0.29, 0.717) is 11.4 Å². The minimum absolute atomic E-state index is 0.552. The van der Waals surface area contributed by atoms with Gasteiger partial charge in [-0.05, 0) is 29.8 Å². The summed E-state index contributed by atoms with van der Waals surface area (Å²) in [7, 11) is 0. The van der Waals surface area contributed by atoms with Crippen molar-refractivity contribution in [3.63, 3.8) is 0 Å². The minimum atomic E-state index is 0.552. The Hall–Kier alpha value is -2.31. The predicted octanol–water partition coefficient (Wildman–Crippen LogP) is 3.74. The van der Waals surface area contributed by atoms with Crippen molar-refractivity contribution in [2.45, 2.75) is 13.0 Å². The van der Waals surface area contributed by atoms with E-state index in [1.54, 1.807) is 0 Å². The van der Waals surface area contributed by atoms with Crippen LogP contribution in [0.1, 0.15) is 17.0 Å². The van der Waals surface area contributed by atoms with E-state index in [0.717, 1.165) is 35.4 Å². The number of halogens is 1. The van der Waals surface area contributed by atoms with Gasteiger partial charge in [0, 0.05) is 18.8 Å². The fourth-order valence-electron chi connectivity index (χ4n) is 2.44. The normalized spacial score (nSPS) is 10.7. The lowest BCUT2D eigenvalue weighted by atomic mass is 10.1. The molecule has 0 unspecified atom stereocenters. The number of nitriles is 1. The van der Waals surface area contributed by atoms with Crippen molar-refractivity contribution in [3.05, 3.63) is 65.5 Å². The van der Waals surface area contributed by atoms with E-state index in [9.17, 15) is 0 Å². The van der Waals surface area contributed by atoms with Crippen LogP contribution in [0.3, 0.4) is 0 Å². The molecule has 21 heavy (non-hydrogen) atoms. The average Bonchev–Trinajstić information content (AvgIpc) is 2.86. The van der Waals surface area contributed by atoms with Crippen molar-refractivity contribution < 1.29 is 0 Å². The van der Waals surface area contributed by atoms with E-state index in [-0.39, 0.29) is 0 Å². The second kappa shape index (κ2) is 5.99. The Balaban J connectivity index is 2.01. The molecule has 0 aliphatic carbocycles. The Kier molecular flexibility index (Phi) is 3.89. The molecular weight excluding hydrogens is 282 g/mol. The van der Waals surface area contributed by atoms with Crippen LogP contribution < -0.4 is 0 Å². The van der Waals surface area contributed by atoms with Gasteiger partial charge in [-0.3, -0.25) is 0 Å². The summed E-state index contributed by atoms with van der Waals surface area (Å²) in [6.07, 6.45) is 0.743. The van der Waals surface area contributed by atoms with Gasteiger partial charge in [0.05, 0.1) is 22.7 Å². The van der Waals surface area contributed by atoms with Gasteiger partial charge in [-0.2, -0.15) is 5.26 Å². The first-order valence-electron chi connectivity index (χ1n) is 6.81. The third-order valence-corrected chi connectivity index (χ3v) is 3.66. The maximum absolute atomic E-state index is 8.86. The zero-order valence-corrected chi connectivity index (χ0v) is 12.2. The lowest BCUT2D eigenvalue weighted by Crippen LogP contribution is -2.06. The number of nitrogens with zero attached hydrogens (tertiary/aromatic N) is 3. The molecule has 0 saturated heterocycles. The lowest BCUT2D eigenvalue weighted by molar-refractivity contribution is 0.754. The fraction of sp³-hybridized carbons (Fsp3) is 0.176. The van der Waals surface area contributed by atoms with Gasteiger partial charge in [0.1, 0.15) is 5.82 Å². The van der Waals surface area contributed by atoms with Gasteiger partial charge in [-0.15, -0.1) is 11.6 Å². The third kappa shape index (κ3) is 2.76. The molecule has 0 bridgehead atoms. The summed E-state index contributed by atoms with van der Waals surface area (Å²) in [4.78, 5) is 4.66. The molecule has 0 aliphatic heterocycles. The van der Waals surface area contributed by atoms with E-state index < -0.39 is 0 Å². The van der Waals surface area contributed by atoms with Crippen LogP contribution in [0.4, 0.5) is 0 Å². The number of fused-ring (bicyclic) bond motifs is 1. The Morgan fingerprint density at radius 2 is 1.86 bits per heavy atom. The highest BCUT2D eigenvalue weighted by molar-refractivity contribution is 6.17. The van der Waals surface area contributed by atoms with Crippen LogP contribution in [0.25, 0.3) is 11.0 Å². The lowest BCUT2D eigenvalue weighted by Gasteiger charge is -2.09. The zero-order chi connectivity index (χ0) is 14.7. The number of imidazole rings is 1. The number of aryl methyl sites for hydroxylation is 1. The van der Waals surface area contributed by atoms with Crippen molar-refractivity contribution in [1.82, 2.24) is 9.55 Å². The van der Waals surface area contributed by atoms with E-state index in [4.69, 9.17) is 16.9 Å². The summed E-state index contributed by atoms with van der Waals surface area (Å²) >= 11 is 5.89. The summed E-state index contributed by atoms with van der Waals surface area (Å²) in [5, 5.41) is 8.86. The molecule has 0 atom stereocenters. The van der Waals surface area contributed by atoms with E-state index >= 15 is 0 Å². The van der Waals surface area contributed by atoms with Gasteiger partial charge < -0.3 is 4.57 Å². The van der Waals surface area contributed by atoms with Gasteiger partial charge >= 0.3 is 0 Å². The standard InChI is InChI=1S/C17H14ClN3/c18-10-9-17-20-15-3-1-2-4-16(15)21(17)12-14-7-5-13(11-19)6-8-14/h1-8H,9-10,12H2. The quantitative estimate of drug-likeness (QED) is 0.688. The summed E-state index contributed by atoms with van der Waals surface area (Å²) in [5.41, 5.74) is 3.93. The van der Waals surface area contributed by atoms with E-state index in [1.165, 1.54) is 0 Å². The molecule has 0 saturated carbocycles. The van der Waals surface area contributed by atoms with Crippen LogP contribution >= 0.6 is 11.6 Å². The van der Waals surface area contributed by atoms with Crippen LogP contribution in [0, 0.1) is 11.3 Å². The molecule has 0 amide bonds. The second-order valence-electron chi connectivity index (χ2n) is 4.85. The van der Waals surface area contributed by atoms with E-state index in [1.807, 2.05) is 42.5 Å². The largest absolute Gasteiger partial charge is 0.323 e. The monoisotopic (exact) mass is 295 g/mol. The van der Waals surface area contributed by atoms with E-state index in [2.05, 4.69) is 21.7 Å². The molecule has 3 rings (SSSR count). The van der Waals surface area contributed by atoms with Crippen LogP contribution in [0.15, 0.2) is 48.5 Å². The Morgan fingerprint density at radius 3 is 2.57 bits per heavy atom. The molecule has 0 radical (unpaired) electrons. The average molecular weight is 296 g/mol. The Bertz CT molecular complexity index is 797. The predicted molar refractivity (Wildman–Crippen MR) is 84.4 cm³/mol. The van der Waals surface area contributed by atoms with Crippen molar-refractivity contribution in [3.8, 4) is 6.07 Å². The van der Waals surface area contributed by atoms with Crippen LogP contribution in [0.5, 0.6) is 0 Å². The van der Waals surface area contributed by atoms with Gasteiger partial charge in [0.2, 0.25) is 0 Å². The molecule has 0 aliphatic rings. The number of hydrogen-bond acceptors (Lipinski definition) is 2. The maximum Gasteiger partial charge on any atom is 0.111 e. The fourth-order valence-corrected chi connectivity index (χ4v) is 2.61. The smallest absolute Gasteiger partial charge is 0.111 e. The molecule has 3 nitrogen and oxygen atoms in total. The topological polar surface area (TPSA) is 41.6 Å². The van der Waals surface area contributed by atoms with Crippen molar-refractivity contribution in [2.75, 3.05) is 5.88 Å². The molecular formula is C17H14ClN3. The Morgan fingerprint density at radius 1 is 1.10 bits per heavy atom. The molecule has 1 heterocycles. The van der Waals surface area contributed by atoms with Crippen molar-refractivity contribution in [2.24, 2.45) is 0 Å². The van der Waals surface area contributed by atoms with Gasteiger partial charge in [0.15, 0.2) is 0 Å².